The first-order valence-electron chi connectivity index (χ1n) is 13.8. The number of carbonyl (C=O) groups is 2. The standard InChI is InChI=1S/C34H34O7/c1-4-7-8-9-22-39-29-19-20-30-26(23-29)14-21-31(40-33(35)24-10-15-27(16-11-24)37-5-2)32(30)41-34(36)25-12-17-28(18-13-25)38-6-3/h9-23H,4-8H2,1-3H3. The van der Waals surface area contributed by atoms with E-state index in [4.69, 9.17) is 23.7 Å². The van der Waals surface area contributed by atoms with Gasteiger partial charge in [0, 0.05) is 5.39 Å². The normalized spacial score (nSPS) is 10.9. The van der Waals surface area contributed by atoms with Crippen LogP contribution < -0.4 is 23.7 Å². The Kier molecular flexibility index (Phi) is 10.4. The quantitative estimate of drug-likeness (QED) is 0.0714. The highest BCUT2D eigenvalue weighted by molar-refractivity contribution is 5.99. The molecule has 0 aliphatic rings. The number of hydrogen-bond donors (Lipinski definition) is 0. The van der Waals surface area contributed by atoms with Gasteiger partial charge in [-0.05, 0) is 111 Å². The Bertz CT molecular complexity index is 1490. The van der Waals surface area contributed by atoms with E-state index in [2.05, 4.69) is 6.92 Å². The van der Waals surface area contributed by atoms with Crippen molar-refractivity contribution in [3.63, 3.8) is 0 Å². The highest BCUT2D eigenvalue weighted by Crippen LogP contribution is 2.38. The first-order chi connectivity index (χ1) is 20.0. The SMILES string of the molecule is CCCCC=COc1ccc2c(OC(=O)c3ccc(OCC)cc3)c(OC(=O)c3ccc(OCC)cc3)ccc2c1. The number of benzene rings is 4. The van der Waals surface area contributed by atoms with Crippen LogP contribution in [0.4, 0.5) is 0 Å². The predicted octanol–water partition coefficient (Wildman–Crippen LogP) is 8.16. The van der Waals surface area contributed by atoms with Crippen molar-refractivity contribution in [2.75, 3.05) is 13.2 Å². The summed E-state index contributed by atoms with van der Waals surface area (Å²) in [6, 6.07) is 22.1. The summed E-state index contributed by atoms with van der Waals surface area (Å²) < 4.78 is 28.3. The lowest BCUT2D eigenvalue weighted by atomic mass is 10.1. The molecule has 4 rings (SSSR count). The number of rotatable bonds is 13. The van der Waals surface area contributed by atoms with Gasteiger partial charge in [-0.2, -0.15) is 0 Å². The summed E-state index contributed by atoms with van der Waals surface area (Å²) in [4.78, 5) is 26.2. The molecule has 0 aromatic heterocycles. The Labute approximate surface area is 240 Å². The van der Waals surface area contributed by atoms with E-state index in [-0.39, 0.29) is 11.5 Å². The Morgan fingerprint density at radius 1 is 0.683 bits per heavy atom. The summed E-state index contributed by atoms with van der Waals surface area (Å²) in [5.74, 6) is 0.983. The van der Waals surface area contributed by atoms with Crippen molar-refractivity contribution in [3.8, 4) is 28.7 Å². The minimum absolute atomic E-state index is 0.115. The first-order valence-corrected chi connectivity index (χ1v) is 13.8. The highest BCUT2D eigenvalue weighted by Gasteiger charge is 2.20. The van der Waals surface area contributed by atoms with Gasteiger partial charge in [0.2, 0.25) is 0 Å². The van der Waals surface area contributed by atoms with Gasteiger partial charge in [-0.3, -0.25) is 0 Å². The van der Waals surface area contributed by atoms with Crippen molar-refractivity contribution in [2.45, 2.75) is 40.0 Å². The fraction of sp³-hybridized carbons (Fsp3) is 0.235. The van der Waals surface area contributed by atoms with Crippen LogP contribution in [0.1, 0.15) is 60.7 Å². The minimum atomic E-state index is -0.599. The molecule has 4 aromatic rings. The summed E-state index contributed by atoms with van der Waals surface area (Å²) in [7, 11) is 0. The largest absolute Gasteiger partial charge is 0.494 e. The van der Waals surface area contributed by atoms with E-state index in [9.17, 15) is 9.59 Å². The van der Waals surface area contributed by atoms with Crippen molar-refractivity contribution in [1.29, 1.82) is 0 Å². The fourth-order valence-corrected chi connectivity index (χ4v) is 4.05. The molecule has 0 saturated carbocycles. The maximum absolute atomic E-state index is 13.2. The van der Waals surface area contributed by atoms with Gasteiger partial charge >= 0.3 is 11.9 Å². The molecule has 0 N–H and O–H groups in total. The molecular formula is C34H34O7. The maximum Gasteiger partial charge on any atom is 0.343 e. The van der Waals surface area contributed by atoms with E-state index in [1.54, 1.807) is 79.1 Å². The van der Waals surface area contributed by atoms with Gasteiger partial charge in [0.1, 0.15) is 17.2 Å². The maximum atomic E-state index is 13.2. The number of ether oxygens (including phenoxy) is 5. The van der Waals surface area contributed by atoms with Crippen LogP contribution in [0.25, 0.3) is 10.8 Å². The molecule has 0 radical (unpaired) electrons. The molecule has 0 aliphatic carbocycles. The van der Waals surface area contributed by atoms with Gasteiger partial charge < -0.3 is 23.7 Å². The lowest BCUT2D eigenvalue weighted by Gasteiger charge is -2.14. The van der Waals surface area contributed by atoms with E-state index < -0.39 is 11.9 Å². The van der Waals surface area contributed by atoms with E-state index in [1.807, 2.05) is 26.0 Å². The number of fused-ring (bicyclic) bond motifs is 1. The predicted molar refractivity (Wildman–Crippen MR) is 158 cm³/mol. The lowest BCUT2D eigenvalue weighted by Crippen LogP contribution is -2.13. The number of carbonyl (C=O) groups excluding carboxylic acids is 2. The molecule has 212 valence electrons. The molecule has 0 fully saturated rings. The molecule has 0 aliphatic heterocycles. The number of unbranched alkanes of at least 4 members (excludes halogenated alkanes) is 2. The summed E-state index contributed by atoms with van der Waals surface area (Å²) in [6.07, 6.45) is 6.82. The van der Waals surface area contributed by atoms with Gasteiger partial charge in [0.25, 0.3) is 0 Å². The highest BCUT2D eigenvalue weighted by atomic mass is 16.6. The second-order valence-corrected chi connectivity index (χ2v) is 9.10. The van der Waals surface area contributed by atoms with Gasteiger partial charge in [0.15, 0.2) is 11.5 Å². The second kappa shape index (κ2) is 14.6. The van der Waals surface area contributed by atoms with Gasteiger partial charge in [-0.1, -0.05) is 19.4 Å². The van der Waals surface area contributed by atoms with Crippen molar-refractivity contribution in [1.82, 2.24) is 0 Å². The molecule has 0 unspecified atom stereocenters. The van der Waals surface area contributed by atoms with Crippen LogP contribution in [0.5, 0.6) is 28.7 Å². The van der Waals surface area contributed by atoms with Crippen LogP contribution in [0.15, 0.2) is 91.2 Å². The fourth-order valence-electron chi connectivity index (χ4n) is 4.05. The molecule has 0 heterocycles. The zero-order chi connectivity index (χ0) is 29.0. The Morgan fingerprint density at radius 2 is 1.27 bits per heavy atom. The summed E-state index contributed by atoms with van der Waals surface area (Å²) in [5, 5.41) is 1.34. The van der Waals surface area contributed by atoms with Crippen LogP contribution >= 0.6 is 0 Å². The first kappa shape index (κ1) is 29.2. The van der Waals surface area contributed by atoms with Crippen molar-refractivity contribution < 1.29 is 33.3 Å². The average molecular weight is 555 g/mol. The molecule has 0 spiro atoms. The Morgan fingerprint density at radius 3 is 1.85 bits per heavy atom. The zero-order valence-corrected chi connectivity index (χ0v) is 23.6. The Hall–Kier alpha value is -4.78. The molecule has 7 nitrogen and oxygen atoms in total. The third-order valence-electron chi connectivity index (χ3n) is 6.13. The minimum Gasteiger partial charge on any atom is -0.494 e. The Balaban J connectivity index is 1.64. The van der Waals surface area contributed by atoms with Gasteiger partial charge in [-0.25, -0.2) is 9.59 Å². The van der Waals surface area contributed by atoms with E-state index >= 15 is 0 Å². The van der Waals surface area contributed by atoms with Crippen molar-refractivity contribution >= 4 is 22.7 Å². The molecule has 0 saturated heterocycles. The van der Waals surface area contributed by atoms with E-state index in [0.717, 1.165) is 24.6 Å². The van der Waals surface area contributed by atoms with Crippen molar-refractivity contribution in [3.05, 3.63) is 102 Å². The summed E-state index contributed by atoms with van der Waals surface area (Å²) in [6.45, 7) is 6.95. The third kappa shape index (κ3) is 7.88. The third-order valence-corrected chi connectivity index (χ3v) is 6.13. The monoisotopic (exact) mass is 554 g/mol. The smallest absolute Gasteiger partial charge is 0.343 e. The molecule has 0 bridgehead atoms. The molecule has 7 heteroatoms. The molecule has 41 heavy (non-hydrogen) atoms. The zero-order valence-electron chi connectivity index (χ0n) is 23.6. The van der Waals surface area contributed by atoms with Crippen LogP contribution in [0.2, 0.25) is 0 Å². The number of hydrogen-bond acceptors (Lipinski definition) is 7. The van der Waals surface area contributed by atoms with Crippen molar-refractivity contribution in [2.24, 2.45) is 0 Å². The van der Waals surface area contributed by atoms with Crippen LogP contribution in [0, 0.1) is 0 Å². The molecular weight excluding hydrogens is 520 g/mol. The molecule has 0 atom stereocenters. The topological polar surface area (TPSA) is 80.3 Å². The van der Waals surface area contributed by atoms with Crippen LogP contribution in [0.3, 0.4) is 0 Å². The number of allylic oxidation sites excluding steroid dienone is 1. The summed E-state index contributed by atoms with van der Waals surface area (Å²) >= 11 is 0. The average Bonchev–Trinajstić information content (AvgIpc) is 2.99. The number of esters is 2. The van der Waals surface area contributed by atoms with Crippen LogP contribution in [-0.4, -0.2) is 25.2 Å². The van der Waals surface area contributed by atoms with Gasteiger partial charge in [0.05, 0.1) is 30.6 Å². The lowest BCUT2D eigenvalue weighted by molar-refractivity contribution is 0.0684. The summed E-state index contributed by atoms with van der Waals surface area (Å²) in [5.41, 5.74) is 0.655. The van der Waals surface area contributed by atoms with Crippen LogP contribution in [-0.2, 0) is 0 Å². The molecule has 4 aromatic carbocycles. The van der Waals surface area contributed by atoms with E-state index in [1.165, 1.54) is 0 Å². The van der Waals surface area contributed by atoms with Gasteiger partial charge in [-0.15, -0.1) is 0 Å². The van der Waals surface area contributed by atoms with E-state index in [0.29, 0.717) is 47.0 Å². The second-order valence-electron chi connectivity index (χ2n) is 9.10. The molecule has 0 amide bonds.